The highest BCUT2D eigenvalue weighted by atomic mass is 31.2. The highest BCUT2D eigenvalue weighted by molar-refractivity contribution is 7.47. The summed E-state index contributed by atoms with van der Waals surface area (Å²) < 4.78 is 31.4. The first-order valence-electron chi connectivity index (χ1n) is 5.37. The van der Waals surface area contributed by atoms with Crippen LogP contribution in [0.1, 0.15) is 6.42 Å². The summed E-state index contributed by atoms with van der Waals surface area (Å²) in [7, 11) is -4.12. The van der Waals surface area contributed by atoms with E-state index in [1.54, 1.807) is 6.07 Å². The van der Waals surface area contributed by atoms with Gasteiger partial charge in [-0.15, -0.1) is 0 Å². The molecule has 8 heteroatoms. The van der Waals surface area contributed by atoms with E-state index in [-0.39, 0.29) is 19.1 Å². The van der Waals surface area contributed by atoms with Crippen LogP contribution in [-0.2, 0) is 9.09 Å². The summed E-state index contributed by atoms with van der Waals surface area (Å²) in [6.45, 7) is 0.571. The summed E-state index contributed by atoms with van der Waals surface area (Å²) in [6, 6.07) is 4.57. The molecule has 0 saturated heterocycles. The van der Waals surface area contributed by atoms with Gasteiger partial charge in [-0.05, 0) is 25.1 Å². The fraction of sp³-hybridized carbons (Fsp3) is 0.400. The van der Waals surface area contributed by atoms with Gasteiger partial charge in [-0.25, -0.2) is 4.57 Å². The average molecular weight is 275 g/mol. The van der Waals surface area contributed by atoms with E-state index in [1.807, 2.05) is 0 Å². The normalized spacial score (nSPS) is 16.3. The largest absolute Gasteiger partial charge is 0.527 e. The number of fused-ring (bicyclic) bond motifs is 1. The van der Waals surface area contributed by atoms with E-state index in [1.165, 1.54) is 12.1 Å². The van der Waals surface area contributed by atoms with Crippen molar-refractivity contribution in [1.29, 1.82) is 0 Å². The number of hydrogen-bond donors (Lipinski definition) is 2. The summed E-state index contributed by atoms with van der Waals surface area (Å²) in [5.74, 6) is 1.21. The highest BCUT2D eigenvalue weighted by Gasteiger charge is 2.24. The molecule has 100 valence electrons. The number of nitrogens with two attached hydrogens (primary N) is 1. The van der Waals surface area contributed by atoms with E-state index in [0.717, 1.165) is 0 Å². The van der Waals surface area contributed by atoms with E-state index in [0.29, 0.717) is 24.5 Å². The van der Waals surface area contributed by atoms with Crippen LogP contribution in [0.15, 0.2) is 18.2 Å². The molecule has 2 rings (SSSR count). The zero-order valence-electron chi connectivity index (χ0n) is 9.57. The second-order valence-corrected chi connectivity index (χ2v) is 4.93. The molecule has 1 aromatic rings. The van der Waals surface area contributed by atoms with Crippen molar-refractivity contribution in [2.24, 2.45) is 5.73 Å². The summed E-state index contributed by atoms with van der Waals surface area (Å²) >= 11 is 0. The maximum absolute atomic E-state index is 11.6. The van der Waals surface area contributed by atoms with Crippen molar-refractivity contribution in [3.05, 3.63) is 18.2 Å². The maximum Gasteiger partial charge on any atom is 0.527 e. The number of ether oxygens (including phenoxy) is 2. The Bertz CT molecular complexity index is 466. The van der Waals surface area contributed by atoms with E-state index < -0.39 is 7.82 Å². The summed E-state index contributed by atoms with van der Waals surface area (Å²) in [4.78, 5) is 9.44. The molecule has 0 amide bonds. The number of phosphoric ester groups is 1. The van der Waals surface area contributed by atoms with Gasteiger partial charge >= 0.3 is 7.82 Å². The van der Waals surface area contributed by atoms with Gasteiger partial charge in [-0.3, -0.25) is 9.42 Å². The molecule has 0 fully saturated rings. The fourth-order valence-electron chi connectivity index (χ4n) is 1.36. The van der Waals surface area contributed by atoms with Crippen LogP contribution in [0.4, 0.5) is 0 Å². The molecule has 0 aliphatic carbocycles. The van der Waals surface area contributed by atoms with Gasteiger partial charge in [0, 0.05) is 6.07 Å². The fourth-order valence-corrected chi connectivity index (χ4v) is 2.15. The van der Waals surface area contributed by atoms with Gasteiger partial charge in [0.2, 0.25) is 6.79 Å². The molecule has 1 aromatic carbocycles. The van der Waals surface area contributed by atoms with E-state index >= 15 is 0 Å². The molecule has 0 saturated carbocycles. The minimum absolute atomic E-state index is 0.0643. The SMILES string of the molecule is NCCCOP(=O)(O)Oc1ccc2c(c1)OCO2. The lowest BCUT2D eigenvalue weighted by molar-refractivity contribution is 0.174. The monoisotopic (exact) mass is 275 g/mol. The Labute approximate surface area is 104 Å². The number of benzene rings is 1. The predicted molar refractivity (Wildman–Crippen MR) is 62.6 cm³/mol. The van der Waals surface area contributed by atoms with Crippen molar-refractivity contribution in [1.82, 2.24) is 0 Å². The van der Waals surface area contributed by atoms with Gasteiger partial charge < -0.3 is 19.7 Å². The second-order valence-electron chi connectivity index (χ2n) is 3.55. The molecule has 1 heterocycles. The van der Waals surface area contributed by atoms with Crippen molar-refractivity contribution in [3.8, 4) is 17.2 Å². The molecule has 1 unspecified atom stereocenters. The van der Waals surface area contributed by atoms with E-state index in [2.05, 4.69) is 0 Å². The Morgan fingerprint density at radius 3 is 2.94 bits per heavy atom. The quantitative estimate of drug-likeness (QED) is 0.595. The Kier molecular flexibility index (Phi) is 4.08. The smallest absolute Gasteiger partial charge is 0.454 e. The molecule has 3 N–H and O–H groups in total. The Hall–Kier alpha value is -1.27. The molecule has 7 nitrogen and oxygen atoms in total. The molecular formula is C10H14NO6P. The Morgan fingerprint density at radius 1 is 1.39 bits per heavy atom. The van der Waals surface area contributed by atoms with Gasteiger partial charge in [0.05, 0.1) is 6.61 Å². The molecule has 0 spiro atoms. The lowest BCUT2D eigenvalue weighted by atomic mass is 10.3. The molecular weight excluding hydrogens is 261 g/mol. The Morgan fingerprint density at radius 2 is 2.17 bits per heavy atom. The molecule has 18 heavy (non-hydrogen) atoms. The number of rotatable bonds is 6. The number of hydrogen-bond acceptors (Lipinski definition) is 6. The third kappa shape index (κ3) is 3.36. The molecule has 1 aliphatic rings. The van der Waals surface area contributed by atoms with Gasteiger partial charge in [0.1, 0.15) is 5.75 Å². The molecule has 1 aliphatic heterocycles. The van der Waals surface area contributed by atoms with Crippen molar-refractivity contribution in [2.75, 3.05) is 19.9 Å². The topological polar surface area (TPSA) is 100 Å². The maximum atomic E-state index is 11.6. The van der Waals surface area contributed by atoms with E-state index in [9.17, 15) is 9.46 Å². The van der Waals surface area contributed by atoms with Crippen LogP contribution >= 0.6 is 7.82 Å². The zero-order chi connectivity index (χ0) is 13.0. The average Bonchev–Trinajstić information content (AvgIpc) is 2.75. The lowest BCUT2D eigenvalue weighted by Gasteiger charge is -2.12. The minimum atomic E-state index is -4.12. The van der Waals surface area contributed by atoms with Gasteiger partial charge in [0.15, 0.2) is 11.5 Å². The third-order valence-corrected chi connectivity index (χ3v) is 3.12. The highest BCUT2D eigenvalue weighted by Crippen LogP contribution is 2.46. The van der Waals surface area contributed by atoms with Crippen LogP contribution < -0.4 is 19.7 Å². The summed E-state index contributed by atoms with van der Waals surface area (Å²) in [5, 5.41) is 0. The molecule has 0 radical (unpaired) electrons. The Balaban J connectivity index is 1.98. The van der Waals surface area contributed by atoms with Crippen LogP contribution in [0.3, 0.4) is 0 Å². The van der Waals surface area contributed by atoms with Crippen LogP contribution in [0.25, 0.3) is 0 Å². The lowest BCUT2D eigenvalue weighted by Crippen LogP contribution is -2.05. The standard InChI is InChI=1S/C10H14NO6P/c11-4-1-5-16-18(12,13)17-8-2-3-9-10(6-8)15-7-14-9/h2-3,6H,1,4-5,7,11H2,(H,12,13). The van der Waals surface area contributed by atoms with Crippen molar-refractivity contribution in [2.45, 2.75) is 6.42 Å². The predicted octanol–water partition coefficient (Wildman–Crippen LogP) is 1.26. The first kappa shape index (κ1) is 13.2. The van der Waals surface area contributed by atoms with Crippen molar-refractivity contribution in [3.63, 3.8) is 0 Å². The van der Waals surface area contributed by atoms with Gasteiger partial charge in [-0.1, -0.05) is 0 Å². The second kappa shape index (κ2) is 5.58. The van der Waals surface area contributed by atoms with Crippen LogP contribution in [0, 0.1) is 0 Å². The van der Waals surface area contributed by atoms with Gasteiger partial charge in [0.25, 0.3) is 0 Å². The van der Waals surface area contributed by atoms with Crippen molar-refractivity contribution >= 4 is 7.82 Å². The molecule has 0 bridgehead atoms. The third-order valence-electron chi connectivity index (χ3n) is 2.17. The van der Waals surface area contributed by atoms with Crippen LogP contribution in [-0.4, -0.2) is 24.8 Å². The van der Waals surface area contributed by atoms with Crippen LogP contribution in [0.5, 0.6) is 17.2 Å². The first-order valence-corrected chi connectivity index (χ1v) is 6.87. The summed E-state index contributed by atoms with van der Waals surface area (Å²) in [6.07, 6.45) is 0.481. The minimum Gasteiger partial charge on any atom is -0.454 e. The first-order chi connectivity index (χ1) is 8.61. The zero-order valence-corrected chi connectivity index (χ0v) is 10.5. The van der Waals surface area contributed by atoms with Crippen LogP contribution in [0.2, 0.25) is 0 Å². The number of phosphoric acid groups is 1. The van der Waals surface area contributed by atoms with Crippen molar-refractivity contribution < 1.29 is 28.0 Å². The summed E-state index contributed by atoms with van der Waals surface area (Å²) in [5.41, 5.74) is 5.25. The van der Waals surface area contributed by atoms with E-state index in [4.69, 9.17) is 24.3 Å². The molecule has 1 atom stereocenters. The molecule has 0 aromatic heterocycles. The van der Waals surface area contributed by atoms with Gasteiger partial charge in [-0.2, -0.15) is 0 Å².